The first-order chi connectivity index (χ1) is 14.3. The summed E-state index contributed by atoms with van der Waals surface area (Å²) < 4.78 is 2.51. The zero-order valence-electron chi connectivity index (χ0n) is 15.3. The number of benzene rings is 1. The molecule has 140 valence electrons. The highest BCUT2D eigenvalue weighted by Gasteiger charge is 2.43. The van der Waals surface area contributed by atoms with Crippen molar-refractivity contribution in [2.45, 2.75) is 18.4 Å². The van der Waals surface area contributed by atoms with Crippen LogP contribution in [0.25, 0.3) is 32.1 Å². The van der Waals surface area contributed by atoms with Crippen molar-refractivity contribution in [3.63, 3.8) is 0 Å². The Kier molecular flexibility index (Phi) is 3.57. The number of fused-ring (bicyclic) bond motifs is 2. The predicted molar refractivity (Wildman–Crippen MR) is 113 cm³/mol. The summed E-state index contributed by atoms with van der Waals surface area (Å²) in [6.45, 7) is 0. The van der Waals surface area contributed by atoms with Crippen molar-refractivity contribution >= 4 is 32.3 Å². The average molecular weight is 397 g/mol. The van der Waals surface area contributed by atoms with Gasteiger partial charge >= 0.3 is 0 Å². The Morgan fingerprint density at radius 1 is 1.03 bits per heavy atom. The maximum absolute atomic E-state index is 13.3. The topological polar surface area (TPSA) is 73.6 Å². The molecule has 1 aliphatic carbocycles. The summed E-state index contributed by atoms with van der Waals surface area (Å²) in [5.41, 5.74) is 3.65. The van der Waals surface area contributed by atoms with Gasteiger partial charge in [0.15, 0.2) is 0 Å². The average Bonchev–Trinajstić information content (AvgIpc) is 3.44. The van der Waals surface area contributed by atoms with Crippen molar-refractivity contribution in [1.82, 2.24) is 24.7 Å². The molecule has 0 bridgehead atoms. The van der Waals surface area contributed by atoms with E-state index >= 15 is 0 Å². The van der Waals surface area contributed by atoms with Crippen LogP contribution in [0.4, 0.5) is 0 Å². The van der Waals surface area contributed by atoms with Crippen molar-refractivity contribution < 1.29 is 0 Å². The molecule has 0 saturated heterocycles. The SMILES string of the molecule is O=c1c2c(-c3cncnc3)csc2cnn1C1CC1c1ccc2ccccc2n1. The molecule has 0 aliphatic heterocycles. The quantitative estimate of drug-likeness (QED) is 0.456. The Balaban J connectivity index is 1.41. The molecule has 1 fully saturated rings. The van der Waals surface area contributed by atoms with Gasteiger partial charge in [-0.3, -0.25) is 9.78 Å². The Labute approximate surface area is 169 Å². The van der Waals surface area contributed by atoms with Gasteiger partial charge < -0.3 is 0 Å². The predicted octanol–water partition coefficient (Wildman–Crippen LogP) is 4.19. The second-order valence-corrected chi connectivity index (χ2v) is 8.16. The first kappa shape index (κ1) is 16.5. The zero-order chi connectivity index (χ0) is 19.4. The minimum atomic E-state index is -0.0594. The fourth-order valence-corrected chi connectivity index (χ4v) is 4.84. The van der Waals surface area contributed by atoms with Gasteiger partial charge in [0.1, 0.15) is 6.33 Å². The van der Waals surface area contributed by atoms with E-state index in [2.05, 4.69) is 33.3 Å². The maximum Gasteiger partial charge on any atom is 0.276 e. The third-order valence-corrected chi connectivity index (χ3v) is 6.40. The third-order valence-electron chi connectivity index (χ3n) is 5.48. The lowest BCUT2D eigenvalue weighted by Gasteiger charge is -2.06. The molecule has 4 heterocycles. The first-order valence-electron chi connectivity index (χ1n) is 9.40. The number of para-hydroxylation sites is 1. The summed E-state index contributed by atoms with van der Waals surface area (Å²) in [6, 6.07) is 12.3. The number of thiophene rings is 1. The number of nitrogens with zero attached hydrogens (tertiary/aromatic N) is 5. The molecule has 1 saturated carbocycles. The molecular weight excluding hydrogens is 382 g/mol. The number of aromatic nitrogens is 5. The maximum atomic E-state index is 13.3. The summed E-state index contributed by atoms with van der Waals surface area (Å²) in [4.78, 5) is 26.3. The number of hydrogen-bond acceptors (Lipinski definition) is 6. The summed E-state index contributed by atoms with van der Waals surface area (Å²) in [7, 11) is 0. The summed E-state index contributed by atoms with van der Waals surface area (Å²) in [5.74, 6) is 0.212. The van der Waals surface area contributed by atoms with Gasteiger partial charge in [-0.15, -0.1) is 11.3 Å². The molecule has 6 rings (SSSR count). The minimum absolute atomic E-state index is 0.0420. The van der Waals surface area contributed by atoms with Crippen LogP contribution in [0.5, 0.6) is 0 Å². The van der Waals surface area contributed by atoms with Crippen molar-refractivity contribution in [3.8, 4) is 11.1 Å². The van der Waals surface area contributed by atoms with E-state index in [1.165, 1.54) is 17.7 Å². The van der Waals surface area contributed by atoms with E-state index in [0.717, 1.165) is 38.8 Å². The van der Waals surface area contributed by atoms with E-state index in [-0.39, 0.29) is 17.5 Å². The van der Waals surface area contributed by atoms with Gasteiger partial charge in [-0.1, -0.05) is 24.3 Å². The van der Waals surface area contributed by atoms with Crippen LogP contribution in [-0.2, 0) is 0 Å². The van der Waals surface area contributed by atoms with Gasteiger partial charge in [0.2, 0.25) is 0 Å². The Morgan fingerprint density at radius 3 is 2.79 bits per heavy atom. The molecule has 5 aromatic rings. The van der Waals surface area contributed by atoms with Crippen LogP contribution in [-0.4, -0.2) is 24.7 Å². The van der Waals surface area contributed by atoms with Crippen LogP contribution in [0.2, 0.25) is 0 Å². The van der Waals surface area contributed by atoms with Crippen LogP contribution in [0.1, 0.15) is 24.1 Å². The summed E-state index contributed by atoms with van der Waals surface area (Å²) in [6.07, 6.45) is 7.62. The molecule has 1 aliphatic rings. The minimum Gasteiger partial charge on any atom is -0.267 e. The number of hydrogen-bond donors (Lipinski definition) is 0. The van der Waals surface area contributed by atoms with Crippen LogP contribution < -0.4 is 5.56 Å². The summed E-state index contributed by atoms with van der Waals surface area (Å²) >= 11 is 1.52. The first-order valence-corrected chi connectivity index (χ1v) is 10.3. The number of pyridine rings is 1. The van der Waals surface area contributed by atoms with Crippen molar-refractivity contribution in [2.75, 3.05) is 0 Å². The monoisotopic (exact) mass is 397 g/mol. The van der Waals surface area contributed by atoms with E-state index in [1.807, 2.05) is 23.6 Å². The lowest BCUT2D eigenvalue weighted by atomic mass is 10.1. The Hall–Kier alpha value is -3.45. The Morgan fingerprint density at radius 2 is 1.90 bits per heavy atom. The van der Waals surface area contributed by atoms with Gasteiger partial charge in [-0.05, 0) is 18.6 Å². The molecule has 0 spiro atoms. The Bertz CT molecular complexity index is 1430. The smallest absolute Gasteiger partial charge is 0.267 e. The molecule has 7 heteroatoms. The fraction of sp³-hybridized carbons (Fsp3) is 0.136. The lowest BCUT2D eigenvalue weighted by Crippen LogP contribution is -2.22. The molecular formula is C22H15N5OS. The largest absolute Gasteiger partial charge is 0.276 e. The molecule has 0 radical (unpaired) electrons. The van der Waals surface area contributed by atoms with Crippen LogP contribution in [0, 0.1) is 0 Å². The van der Waals surface area contributed by atoms with E-state index in [9.17, 15) is 4.79 Å². The lowest BCUT2D eigenvalue weighted by molar-refractivity contribution is 0.590. The van der Waals surface area contributed by atoms with Gasteiger partial charge in [-0.25, -0.2) is 14.6 Å². The van der Waals surface area contributed by atoms with Crippen LogP contribution in [0.15, 0.2) is 71.5 Å². The standard InChI is InChI=1S/C22H15N5OS/c28-22-21-16(14-8-23-12-24-9-14)11-29-20(21)10-25-27(22)19-7-15(19)18-6-5-13-3-1-2-4-17(13)26-18/h1-6,8-12,15,19H,7H2. The van der Waals surface area contributed by atoms with E-state index in [1.54, 1.807) is 23.3 Å². The fourth-order valence-electron chi connectivity index (χ4n) is 3.92. The summed E-state index contributed by atoms with van der Waals surface area (Å²) in [5, 5.41) is 8.26. The second-order valence-electron chi connectivity index (χ2n) is 7.25. The van der Waals surface area contributed by atoms with E-state index < -0.39 is 0 Å². The van der Waals surface area contributed by atoms with Gasteiger partial charge in [0.25, 0.3) is 5.56 Å². The van der Waals surface area contributed by atoms with Crippen molar-refractivity contribution in [3.05, 3.63) is 82.7 Å². The van der Waals surface area contributed by atoms with E-state index in [0.29, 0.717) is 5.39 Å². The van der Waals surface area contributed by atoms with Crippen molar-refractivity contribution in [2.24, 2.45) is 0 Å². The molecule has 29 heavy (non-hydrogen) atoms. The molecule has 6 nitrogen and oxygen atoms in total. The molecule has 0 amide bonds. The molecule has 1 aromatic carbocycles. The highest BCUT2D eigenvalue weighted by molar-refractivity contribution is 7.17. The van der Waals surface area contributed by atoms with Gasteiger partial charge in [0.05, 0.1) is 27.8 Å². The van der Waals surface area contributed by atoms with Crippen LogP contribution >= 0.6 is 11.3 Å². The van der Waals surface area contributed by atoms with Gasteiger partial charge in [0, 0.05) is 45.9 Å². The number of rotatable bonds is 3. The third kappa shape index (κ3) is 2.66. The molecule has 0 N–H and O–H groups in total. The highest BCUT2D eigenvalue weighted by Crippen LogP contribution is 2.50. The van der Waals surface area contributed by atoms with E-state index in [4.69, 9.17) is 4.98 Å². The molecule has 4 aromatic heterocycles. The molecule has 2 atom stereocenters. The highest BCUT2D eigenvalue weighted by atomic mass is 32.1. The van der Waals surface area contributed by atoms with Crippen molar-refractivity contribution in [1.29, 1.82) is 0 Å². The molecule has 2 unspecified atom stereocenters. The second kappa shape index (κ2) is 6.28. The van der Waals surface area contributed by atoms with Crippen LogP contribution in [0.3, 0.4) is 0 Å². The normalized spacial score (nSPS) is 18.3. The van der Waals surface area contributed by atoms with Gasteiger partial charge in [-0.2, -0.15) is 5.10 Å². The zero-order valence-corrected chi connectivity index (χ0v) is 16.1.